The molecule has 3 aromatic heterocycles. The molecule has 0 saturated carbocycles. The van der Waals surface area contributed by atoms with E-state index in [1.807, 2.05) is 6.92 Å². The van der Waals surface area contributed by atoms with Gasteiger partial charge in [0.2, 0.25) is 5.16 Å². The Bertz CT molecular complexity index is 1040. The second kappa shape index (κ2) is 9.11. The number of nitro groups is 1. The van der Waals surface area contributed by atoms with Crippen LogP contribution in [0.15, 0.2) is 39.2 Å². The quantitative estimate of drug-likeness (QED) is 0.162. The molecule has 0 aliphatic rings. The van der Waals surface area contributed by atoms with Crippen molar-refractivity contribution in [3.63, 3.8) is 0 Å². The average Bonchev–Trinajstić information content (AvgIpc) is 3.40. The summed E-state index contributed by atoms with van der Waals surface area (Å²) in [5.74, 6) is -0.0544. The molecule has 0 aliphatic carbocycles. The van der Waals surface area contributed by atoms with Crippen molar-refractivity contribution in [2.24, 2.45) is 5.10 Å². The van der Waals surface area contributed by atoms with Crippen molar-refractivity contribution in [1.29, 1.82) is 0 Å². The number of hydrogen-bond acceptors (Lipinski definition) is 8. The van der Waals surface area contributed by atoms with Gasteiger partial charge in [0.05, 0.1) is 17.7 Å². The molecule has 0 aliphatic heterocycles. The molecule has 160 valence electrons. The number of rotatable bonds is 9. The number of alkyl halides is 3. The standard InChI is InChI=1S/C16H16F3N7O3S/c1-2-3-6-30-15-23-22-14(16(17,18)19)25(15)21-8-12-4-5-13(29-12)10-24-9-11(7-20-24)26(27)28/h4-5,7-9H,2-3,6,10H2,1H3/b21-8+. The first-order valence-electron chi connectivity index (χ1n) is 8.73. The van der Waals surface area contributed by atoms with Crippen LogP contribution in [0.25, 0.3) is 0 Å². The van der Waals surface area contributed by atoms with Crippen LogP contribution in [0.3, 0.4) is 0 Å². The Labute approximate surface area is 171 Å². The fourth-order valence-electron chi connectivity index (χ4n) is 2.30. The summed E-state index contributed by atoms with van der Waals surface area (Å²) in [6.07, 6.45) is 0.464. The van der Waals surface area contributed by atoms with Crippen LogP contribution < -0.4 is 0 Å². The summed E-state index contributed by atoms with van der Waals surface area (Å²) in [6.45, 7) is 2.08. The normalized spacial score (nSPS) is 12.1. The van der Waals surface area contributed by atoms with Gasteiger partial charge in [0.25, 0.3) is 5.82 Å². The molecule has 0 saturated heterocycles. The monoisotopic (exact) mass is 443 g/mol. The van der Waals surface area contributed by atoms with Crippen LogP contribution in [-0.2, 0) is 12.7 Å². The molecule has 0 radical (unpaired) electrons. The number of unbranched alkanes of at least 4 members (excludes halogenated alkanes) is 1. The Balaban J connectivity index is 1.76. The largest absolute Gasteiger partial charge is 0.458 e. The van der Waals surface area contributed by atoms with Crippen LogP contribution in [0.2, 0.25) is 0 Å². The lowest BCUT2D eigenvalue weighted by molar-refractivity contribution is -0.385. The molecular formula is C16H16F3N7O3S. The van der Waals surface area contributed by atoms with Crippen LogP contribution in [0, 0.1) is 10.1 Å². The molecule has 3 heterocycles. The van der Waals surface area contributed by atoms with Gasteiger partial charge < -0.3 is 4.42 Å². The van der Waals surface area contributed by atoms with Gasteiger partial charge in [0, 0.05) is 5.75 Å². The van der Waals surface area contributed by atoms with Gasteiger partial charge in [-0.1, -0.05) is 25.1 Å². The maximum absolute atomic E-state index is 13.2. The second-order valence-corrected chi connectivity index (χ2v) is 7.08. The minimum atomic E-state index is -4.71. The molecule has 0 bridgehead atoms. The van der Waals surface area contributed by atoms with E-state index < -0.39 is 16.9 Å². The van der Waals surface area contributed by atoms with E-state index in [2.05, 4.69) is 20.4 Å². The minimum absolute atomic E-state index is 0.0302. The molecule has 0 unspecified atom stereocenters. The van der Waals surface area contributed by atoms with Gasteiger partial charge in [-0.3, -0.25) is 14.8 Å². The molecule has 0 atom stereocenters. The second-order valence-electron chi connectivity index (χ2n) is 6.02. The van der Waals surface area contributed by atoms with Gasteiger partial charge in [-0.25, -0.2) is 0 Å². The first kappa shape index (κ1) is 21.5. The third-order valence-electron chi connectivity index (χ3n) is 3.73. The summed E-state index contributed by atoms with van der Waals surface area (Å²) in [6, 6.07) is 3.08. The highest BCUT2D eigenvalue weighted by molar-refractivity contribution is 7.99. The topological polar surface area (TPSA) is 117 Å². The Morgan fingerprint density at radius 2 is 2.17 bits per heavy atom. The Kier molecular flexibility index (Phi) is 6.54. The van der Waals surface area contributed by atoms with Crippen molar-refractivity contribution in [3.05, 3.63) is 52.0 Å². The lowest BCUT2D eigenvalue weighted by atomic mass is 10.4. The Morgan fingerprint density at radius 3 is 2.83 bits per heavy atom. The molecular weight excluding hydrogens is 427 g/mol. The number of thioether (sulfide) groups is 1. The Hall–Kier alpha value is -3.16. The summed E-state index contributed by atoms with van der Waals surface area (Å²) in [4.78, 5) is 10.1. The molecule has 0 N–H and O–H groups in total. The average molecular weight is 443 g/mol. The number of halogens is 3. The predicted molar refractivity (Wildman–Crippen MR) is 100 cm³/mol. The summed E-state index contributed by atoms with van der Waals surface area (Å²) in [5.41, 5.74) is -0.163. The zero-order valence-electron chi connectivity index (χ0n) is 15.6. The molecule has 0 fully saturated rings. The number of hydrogen-bond donors (Lipinski definition) is 0. The SMILES string of the molecule is CCCCSc1nnc(C(F)(F)F)n1/N=C/c1ccc(Cn2cc([N+](=O)[O-])cn2)o1. The number of aromatic nitrogens is 5. The first-order chi connectivity index (χ1) is 14.3. The summed E-state index contributed by atoms with van der Waals surface area (Å²) in [7, 11) is 0. The van der Waals surface area contributed by atoms with E-state index in [9.17, 15) is 23.3 Å². The number of furan rings is 1. The van der Waals surface area contributed by atoms with E-state index in [-0.39, 0.29) is 23.1 Å². The highest BCUT2D eigenvalue weighted by atomic mass is 32.2. The highest BCUT2D eigenvalue weighted by Crippen LogP contribution is 2.30. The first-order valence-corrected chi connectivity index (χ1v) is 9.71. The Morgan fingerprint density at radius 1 is 1.37 bits per heavy atom. The van der Waals surface area contributed by atoms with Crippen molar-refractivity contribution in [3.8, 4) is 0 Å². The molecule has 3 rings (SSSR count). The fraction of sp³-hybridized carbons (Fsp3) is 0.375. The predicted octanol–water partition coefficient (Wildman–Crippen LogP) is 3.82. The highest BCUT2D eigenvalue weighted by Gasteiger charge is 2.39. The van der Waals surface area contributed by atoms with Gasteiger partial charge in [0.1, 0.15) is 23.9 Å². The van der Waals surface area contributed by atoms with Crippen molar-refractivity contribution in [2.45, 2.75) is 37.6 Å². The molecule has 0 spiro atoms. The van der Waals surface area contributed by atoms with E-state index >= 15 is 0 Å². The van der Waals surface area contributed by atoms with E-state index in [0.717, 1.165) is 37.0 Å². The lowest BCUT2D eigenvalue weighted by Crippen LogP contribution is -2.13. The zero-order valence-corrected chi connectivity index (χ0v) is 16.4. The van der Waals surface area contributed by atoms with E-state index in [0.29, 0.717) is 16.2 Å². The van der Waals surface area contributed by atoms with Crippen molar-refractivity contribution < 1.29 is 22.5 Å². The summed E-state index contributed by atoms with van der Waals surface area (Å²) < 4.78 is 47.0. The van der Waals surface area contributed by atoms with Crippen LogP contribution >= 0.6 is 11.8 Å². The van der Waals surface area contributed by atoms with Crippen LogP contribution in [0.1, 0.15) is 37.1 Å². The van der Waals surface area contributed by atoms with Crippen LogP contribution in [0.4, 0.5) is 18.9 Å². The molecule has 10 nitrogen and oxygen atoms in total. The van der Waals surface area contributed by atoms with Crippen molar-refractivity contribution in [2.75, 3.05) is 5.75 Å². The van der Waals surface area contributed by atoms with Gasteiger partial charge in [-0.15, -0.1) is 10.2 Å². The lowest BCUT2D eigenvalue weighted by Gasteiger charge is -2.06. The van der Waals surface area contributed by atoms with Crippen LogP contribution in [-0.4, -0.2) is 41.5 Å². The zero-order chi connectivity index (χ0) is 21.7. The third kappa shape index (κ3) is 5.25. The maximum Gasteiger partial charge on any atom is 0.453 e. The molecule has 14 heteroatoms. The van der Waals surface area contributed by atoms with Crippen LogP contribution in [0.5, 0.6) is 0 Å². The van der Waals surface area contributed by atoms with Gasteiger partial charge in [0.15, 0.2) is 0 Å². The van der Waals surface area contributed by atoms with Gasteiger partial charge in [-0.2, -0.15) is 28.0 Å². The fourth-order valence-corrected chi connectivity index (χ4v) is 3.27. The molecule has 0 aromatic carbocycles. The molecule has 3 aromatic rings. The molecule has 0 amide bonds. The maximum atomic E-state index is 13.2. The van der Waals surface area contributed by atoms with Gasteiger partial charge >= 0.3 is 11.9 Å². The number of nitrogens with zero attached hydrogens (tertiary/aromatic N) is 7. The minimum Gasteiger partial charge on any atom is -0.458 e. The van der Waals surface area contributed by atoms with Crippen molar-refractivity contribution >= 4 is 23.7 Å². The van der Waals surface area contributed by atoms with E-state index in [4.69, 9.17) is 4.42 Å². The third-order valence-corrected chi connectivity index (χ3v) is 4.73. The van der Waals surface area contributed by atoms with Crippen molar-refractivity contribution in [1.82, 2.24) is 24.7 Å². The smallest absolute Gasteiger partial charge is 0.453 e. The summed E-state index contributed by atoms with van der Waals surface area (Å²) >= 11 is 1.13. The van der Waals surface area contributed by atoms with E-state index in [1.165, 1.54) is 16.9 Å². The molecule has 30 heavy (non-hydrogen) atoms. The van der Waals surface area contributed by atoms with Gasteiger partial charge in [-0.05, 0) is 18.6 Å². The summed E-state index contributed by atoms with van der Waals surface area (Å²) in [5, 5.41) is 25.2. The van der Waals surface area contributed by atoms with E-state index in [1.54, 1.807) is 6.07 Å².